The first-order valence-electron chi connectivity index (χ1n) is 11.0. The van der Waals surface area contributed by atoms with Crippen molar-refractivity contribution >= 4 is 33.1 Å². The van der Waals surface area contributed by atoms with Gasteiger partial charge in [-0.25, -0.2) is 0 Å². The molecule has 0 aromatic carbocycles. The summed E-state index contributed by atoms with van der Waals surface area (Å²) < 4.78 is 0. The van der Waals surface area contributed by atoms with Crippen LogP contribution in [0.4, 0.5) is 0 Å². The Morgan fingerprint density at radius 3 is 2.62 bits per heavy atom. The number of nitrogens with zero attached hydrogens (tertiary/aromatic N) is 5. The number of hydrogen-bond donors (Lipinski definition) is 2. The van der Waals surface area contributed by atoms with Crippen molar-refractivity contribution in [2.24, 2.45) is 0 Å². The smallest absolute Gasteiger partial charge is 0.116 e. The van der Waals surface area contributed by atoms with Gasteiger partial charge in [0.15, 0.2) is 0 Å². The summed E-state index contributed by atoms with van der Waals surface area (Å²) in [5.74, 6) is 0. The highest BCUT2D eigenvalue weighted by atomic mass is 32.1. The van der Waals surface area contributed by atoms with E-state index in [-0.39, 0.29) is 0 Å². The summed E-state index contributed by atoms with van der Waals surface area (Å²) in [7, 11) is 4.10. The molecule has 0 amide bonds. The zero-order valence-corrected chi connectivity index (χ0v) is 19.9. The summed E-state index contributed by atoms with van der Waals surface area (Å²) in [6.45, 7) is 2.94. The van der Waals surface area contributed by atoms with E-state index in [2.05, 4.69) is 86.4 Å². The lowest BCUT2D eigenvalue weighted by Crippen LogP contribution is -2.10. The fourth-order valence-electron chi connectivity index (χ4n) is 4.30. The summed E-state index contributed by atoms with van der Waals surface area (Å²) in [5, 5.41) is 9.85. The van der Waals surface area contributed by atoms with Gasteiger partial charge in [0, 0.05) is 51.9 Å². The zero-order chi connectivity index (χ0) is 23.2. The summed E-state index contributed by atoms with van der Waals surface area (Å²) >= 11 is 1.75. The average molecular weight is 466 g/mol. The van der Waals surface area contributed by atoms with Gasteiger partial charge in [0.25, 0.3) is 0 Å². The lowest BCUT2D eigenvalue weighted by atomic mass is 10.1. The van der Waals surface area contributed by atoms with Crippen molar-refractivity contribution in [3.05, 3.63) is 71.6 Å². The van der Waals surface area contributed by atoms with E-state index in [4.69, 9.17) is 0 Å². The number of aromatic nitrogens is 6. The highest BCUT2D eigenvalue weighted by molar-refractivity contribution is 7.15. The Morgan fingerprint density at radius 2 is 1.79 bits per heavy atom. The van der Waals surface area contributed by atoms with Crippen molar-refractivity contribution in [3.8, 4) is 33.2 Å². The Labute approximate surface area is 200 Å². The van der Waals surface area contributed by atoms with Gasteiger partial charge in [-0.15, -0.1) is 11.3 Å². The quantitative estimate of drug-likeness (QED) is 0.343. The van der Waals surface area contributed by atoms with Crippen LogP contribution in [-0.2, 0) is 6.54 Å². The minimum atomic E-state index is 0.829. The minimum Gasteiger partial charge on any atom is -0.353 e. The molecule has 0 spiro atoms. The Kier molecular flexibility index (Phi) is 4.97. The van der Waals surface area contributed by atoms with Crippen LogP contribution in [0.2, 0.25) is 0 Å². The molecule has 2 N–H and O–H groups in total. The van der Waals surface area contributed by atoms with Gasteiger partial charge in [-0.1, -0.05) is 0 Å². The Morgan fingerprint density at radius 1 is 0.912 bits per heavy atom. The lowest BCUT2D eigenvalue weighted by Gasteiger charge is -2.10. The van der Waals surface area contributed by atoms with Gasteiger partial charge in [0.1, 0.15) is 5.69 Å². The number of hydrogen-bond acceptors (Lipinski definition) is 6. The molecule has 0 aliphatic rings. The Hall–Kier alpha value is -3.88. The molecule has 0 saturated heterocycles. The molecular formula is C26H23N7S. The first kappa shape index (κ1) is 20.7. The summed E-state index contributed by atoms with van der Waals surface area (Å²) in [6, 6.07) is 12.6. The standard InChI is InChI=1S/C26H23N7S/c1-15-4-5-24(34-15)26-18-10-22(30-20(18)6-7-28-26)25-19-9-21(29-13-23(19)31-32-25)17-8-16(11-27-12-17)14-33(2)3/h4-13,30H,14H2,1-3H3,(H,31,32). The average Bonchev–Trinajstić information content (AvgIpc) is 3.55. The molecule has 0 atom stereocenters. The van der Waals surface area contributed by atoms with Gasteiger partial charge in [-0.3, -0.25) is 20.1 Å². The van der Waals surface area contributed by atoms with E-state index in [9.17, 15) is 0 Å². The van der Waals surface area contributed by atoms with Gasteiger partial charge >= 0.3 is 0 Å². The second-order valence-electron chi connectivity index (χ2n) is 8.72. The number of thiophene rings is 1. The zero-order valence-electron chi connectivity index (χ0n) is 19.1. The molecule has 168 valence electrons. The molecule has 6 rings (SSSR count). The number of fused-ring (bicyclic) bond motifs is 2. The fourth-order valence-corrected chi connectivity index (χ4v) is 5.18. The van der Waals surface area contributed by atoms with Crippen molar-refractivity contribution < 1.29 is 0 Å². The molecule has 0 aliphatic heterocycles. The molecule has 6 heterocycles. The highest BCUT2D eigenvalue weighted by Crippen LogP contribution is 2.35. The maximum absolute atomic E-state index is 4.67. The highest BCUT2D eigenvalue weighted by Gasteiger charge is 2.16. The van der Waals surface area contributed by atoms with Crippen LogP contribution < -0.4 is 0 Å². The summed E-state index contributed by atoms with van der Waals surface area (Å²) in [6.07, 6.45) is 7.45. The molecule has 6 aromatic rings. The predicted octanol–water partition coefficient (Wildman–Crippen LogP) is 5.66. The van der Waals surface area contributed by atoms with Crippen LogP contribution in [0.25, 0.3) is 55.0 Å². The Bertz CT molecular complexity index is 1640. The lowest BCUT2D eigenvalue weighted by molar-refractivity contribution is 0.402. The van der Waals surface area contributed by atoms with Crippen LogP contribution in [0.1, 0.15) is 10.4 Å². The van der Waals surface area contributed by atoms with Crippen LogP contribution in [0.15, 0.2) is 61.2 Å². The molecule has 0 unspecified atom stereocenters. The van der Waals surface area contributed by atoms with Crippen LogP contribution in [-0.4, -0.2) is 49.1 Å². The number of H-pyrrole nitrogens is 2. The number of aromatic amines is 2. The van der Waals surface area contributed by atoms with E-state index in [0.717, 1.165) is 67.1 Å². The van der Waals surface area contributed by atoms with Crippen molar-refractivity contribution in [1.29, 1.82) is 0 Å². The first-order valence-corrected chi connectivity index (χ1v) is 11.8. The topological polar surface area (TPSA) is 86.4 Å². The van der Waals surface area contributed by atoms with Crippen LogP contribution >= 0.6 is 11.3 Å². The van der Waals surface area contributed by atoms with Gasteiger partial charge < -0.3 is 9.88 Å². The number of pyridine rings is 3. The van der Waals surface area contributed by atoms with Gasteiger partial charge in [0.05, 0.1) is 33.7 Å². The third-order valence-corrected chi connectivity index (χ3v) is 6.82. The molecule has 0 fully saturated rings. The third kappa shape index (κ3) is 3.67. The monoisotopic (exact) mass is 465 g/mol. The predicted molar refractivity (Wildman–Crippen MR) is 138 cm³/mol. The molecule has 0 bridgehead atoms. The van der Waals surface area contributed by atoms with Crippen LogP contribution in [0, 0.1) is 6.92 Å². The molecule has 0 saturated carbocycles. The minimum absolute atomic E-state index is 0.829. The van der Waals surface area contributed by atoms with Gasteiger partial charge in [-0.2, -0.15) is 5.10 Å². The third-order valence-electron chi connectivity index (χ3n) is 5.81. The summed E-state index contributed by atoms with van der Waals surface area (Å²) in [4.78, 5) is 21.9. The molecule has 7 nitrogen and oxygen atoms in total. The van der Waals surface area contributed by atoms with E-state index in [1.807, 2.05) is 30.9 Å². The van der Waals surface area contributed by atoms with Crippen molar-refractivity contribution in [3.63, 3.8) is 0 Å². The van der Waals surface area contributed by atoms with Gasteiger partial charge in [0.2, 0.25) is 0 Å². The molecule has 8 heteroatoms. The first-order chi connectivity index (χ1) is 16.5. The van der Waals surface area contributed by atoms with E-state index in [0.29, 0.717) is 0 Å². The summed E-state index contributed by atoms with van der Waals surface area (Å²) in [5.41, 5.74) is 7.74. The second kappa shape index (κ2) is 8.16. The van der Waals surface area contributed by atoms with E-state index >= 15 is 0 Å². The van der Waals surface area contributed by atoms with Crippen molar-refractivity contribution in [1.82, 2.24) is 35.0 Å². The molecular weight excluding hydrogens is 442 g/mol. The number of aryl methyl sites for hydroxylation is 1. The molecule has 0 radical (unpaired) electrons. The van der Waals surface area contributed by atoms with E-state index in [1.165, 1.54) is 4.88 Å². The van der Waals surface area contributed by atoms with Gasteiger partial charge in [-0.05, 0) is 63.0 Å². The fraction of sp³-hybridized carbons (Fsp3) is 0.154. The van der Waals surface area contributed by atoms with Crippen LogP contribution in [0.3, 0.4) is 0 Å². The van der Waals surface area contributed by atoms with Crippen LogP contribution in [0.5, 0.6) is 0 Å². The molecule has 0 aliphatic carbocycles. The SMILES string of the molecule is Cc1ccc(-c2nccc3[nH]c(-c4n[nH]c5cnc(-c6cncc(CN(C)C)c6)cc45)cc23)s1. The largest absolute Gasteiger partial charge is 0.353 e. The van der Waals surface area contributed by atoms with Crippen molar-refractivity contribution in [2.45, 2.75) is 13.5 Å². The van der Waals surface area contributed by atoms with E-state index < -0.39 is 0 Å². The molecule has 6 aromatic heterocycles. The maximum Gasteiger partial charge on any atom is 0.116 e. The Balaban J connectivity index is 1.45. The second-order valence-corrected chi connectivity index (χ2v) is 10.0. The van der Waals surface area contributed by atoms with Crippen molar-refractivity contribution in [2.75, 3.05) is 14.1 Å². The maximum atomic E-state index is 4.67. The normalized spacial score (nSPS) is 11.8. The molecule has 34 heavy (non-hydrogen) atoms. The number of nitrogens with one attached hydrogen (secondary N) is 2. The van der Waals surface area contributed by atoms with E-state index in [1.54, 1.807) is 11.3 Å². The number of rotatable bonds is 5.